The van der Waals surface area contributed by atoms with Gasteiger partial charge in [0.05, 0.1) is 49.7 Å². The SMILES string of the molecule is [B]C12C(=O)c3c(OC(=O)c4ccc(O[C@@H]5O[C@@H]6COC(C)(C)O[C@H]6[C@@H](O)[C@H]5O)cc4)c4c(c(CC=C(C)C)c3OC13C1CC(C(=O)C3(CC=C(C)C(=O)OC)OC1(C)C)C2O)OC(C)(CCC=C(C)C)C=C4. The third-order valence-electron chi connectivity index (χ3n) is 15.7. The molecule has 384 valence electrons. The summed E-state index contributed by atoms with van der Waals surface area (Å²) < 4.78 is 56.2. The highest BCUT2D eigenvalue weighted by Gasteiger charge is 2.89. The van der Waals surface area contributed by atoms with Crippen molar-refractivity contribution in [2.45, 2.75) is 172 Å². The number of ether oxygens (including phenoxy) is 9. The highest BCUT2D eigenvalue weighted by molar-refractivity contribution is 6.37. The van der Waals surface area contributed by atoms with Gasteiger partial charge >= 0.3 is 11.9 Å². The van der Waals surface area contributed by atoms with Gasteiger partial charge in [-0.05, 0) is 131 Å². The third kappa shape index (κ3) is 8.00. The molecule has 12 atom stereocenters. The zero-order chi connectivity index (χ0) is 52.2. The fourth-order valence-electron chi connectivity index (χ4n) is 12.0. The van der Waals surface area contributed by atoms with Crippen LogP contribution in [0.1, 0.15) is 127 Å². The highest BCUT2D eigenvalue weighted by Crippen LogP contribution is 2.76. The van der Waals surface area contributed by atoms with Crippen molar-refractivity contribution in [1.82, 2.24) is 0 Å². The Hall–Kier alpha value is -5.14. The topological polar surface area (TPSA) is 212 Å². The maximum atomic E-state index is 16.1. The lowest BCUT2D eigenvalue weighted by molar-refractivity contribution is -0.373. The van der Waals surface area contributed by atoms with Crippen molar-refractivity contribution in [3.63, 3.8) is 0 Å². The Morgan fingerprint density at radius 1 is 0.903 bits per heavy atom. The fourth-order valence-corrected chi connectivity index (χ4v) is 12.0. The summed E-state index contributed by atoms with van der Waals surface area (Å²) in [5, 5.41) is 32.0. The number of carbonyl (C=O) groups excluding carboxylic acids is 4. The first kappa shape index (κ1) is 51.8. The second kappa shape index (κ2) is 18.1. The van der Waals surface area contributed by atoms with Crippen LogP contribution in [0.4, 0.5) is 0 Å². The zero-order valence-electron chi connectivity index (χ0n) is 42.8. The molecule has 3 saturated heterocycles. The van der Waals surface area contributed by atoms with Gasteiger partial charge in [-0.25, -0.2) is 9.59 Å². The zero-order valence-corrected chi connectivity index (χ0v) is 42.8. The largest absolute Gasteiger partial charge is 0.482 e. The summed E-state index contributed by atoms with van der Waals surface area (Å²) in [7, 11) is 8.76. The van der Waals surface area contributed by atoms with Crippen molar-refractivity contribution in [3.05, 3.63) is 87.5 Å². The summed E-state index contributed by atoms with van der Waals surface area (Å²) in [6, 6.07) is 5.77. The number of carbonyl (C=O) groups is 4. The summed E-state index contributed by atoms with van der Waals surface area (Å²) in [6.45, 7) is 18.4. The van der Waals surface area contributed by atoms with Crippen molar-refractivity contribution in [2.24, 2.45) is 11.8 Å². The molecule has 2 aromatic rings. The Balaban J connectivity index is 1.16. The quantitative estimate of drug-likeness (QED) is 0.0674. The summed E-state index contributed by atoms with van der Waals surface area (Å²) in [5.74, 6) is -5.59. The summed E-state index contributed by atoms with van der Waals surface area (Å²) >= 11 is 0. The van der Waals surface area contributed by atoms with Gasteiger partial charge in [0.15, 0.2) is 34.3 Å². The van der Waals surface area contributed by atoms with Crippen LogP contribution in [0, 0.1) is 11.8 Å². The molecule has 17 heteroatoms. The molecule has 6 fully saturated rings. The van der Waals surface area contributed by atoms with Crippen LogP contribution in [0.25, 0.3) is 6.08 Å². The van der Waals surface area contributed by atoms with E-state index in [0.717, 1.165) is 11.1 Å². The number of ketones is 2. The lowest BCUT2D eigenvalue weighted by Crippen LogP contribution is -2.82. The predicted molar refractivity (Wildman–Crippen MR) is 261 cm³/mol. The van der Waals surface area contributed by atoms with Gasteiger partial charge in [-0.3, -0.25) is 9.59 Å². The lowest BCUT2D eigenvalue weighted by atomic mass is 9.34. The first-order valence-electron chi connectivity index (χ1n) is 24.6. The molecule has 16 nitrogen and oxygen atoms in total. The van der Waals surface area contributed by atoms with Crippen LogP contribution in [0.3, 0.4) is 0 Å². The van der Waals surface area contributed by atoms with Gasteiger partial charge < -0.3 is 58.0 Å². The van der Waals surface area contributed by atoms with E-state index < -0.39 is 106 Å². The molecule has 0 aromatic heterocycles. The van der Waals surface area contributed by atoms with Gasteiger partial charge in [-0.1, -0.05) is 29.4 Å². The number of hydrogen-bond acceptors (Lipinski definition) is 16. The number of hydrogen-bond donors (Lipinski definition) is 3. The van der Waals surface area contributed by atoms with Crippen LogP contribution in [0.15, 0.2) is 65.3 Å². The van der Waals surface area contributed by atoms with Crippen molar-refractivity contribution < 1.29 is 77.1 Å². The van der Waals surface area contributed by atoms with E-state index in [-0.39, 0.29) is 71.1 Å². The monoisotopic (exact) mass is 992 g/mol. The van der Waals surface area contributed by atoms with E-state index >= 15 is 9.59 Å². The van der Waals surface area contributed by atoms with Crippen LogP contribution < -0.4 is 18.9 Å². The first-order chi connectivity index (χ1) is 33.7. The second-order valence-corrected chi connectivity index (χ2v) is 22.0. The van der Waals surface area contributed by atoms with Crippen LogP contribution in [-0.2, 0) is 39.7 Å². The van der Waals surface area contributed by atoms with Crippen LogP contribution in [0.2, 0.25) is 5.31 Å². The number of Topliss-reactive ketones (excluding diaryl/α,β-unsaturated/α-hetero) is 2. The number of esters is 2. The standard InChI is InChI=1S/C55H65BO16/c1-27(2)13-12-22-52(10)23-21-33-40(70-52)32(19-14-28(3)4)42-37(41(33)68-48(63)30-15-17-31(18-16-30)66-49-39(58)38(57)43-35(67-49)26-65-51(8,9)69-43)46(61)54(56)45(60)34-25-36-50(6,7)72-53(44(34)59,55(36,54)71-42)24-20-29(5)47(62)64-11/h13-18,20-21,23,34-36,38-39,43,45,49,57-58,60H,12,19,22,24-26H2,1-11H3/t34?,35-,36?,38+,39-,43-,45?,49-,52?,53?,54?,55?/m1/s1. The Bertz CT molecular complexity index is 2710. The van der Waals surface area contributed by atoms with Gasteiger partial charge in [0.1, 0.15) is 52.8 Å². The van der Waals surface area contributed by atoms with Crippen LogP contribution in [0.5, 0.6) is 23.0 Å². The number of allylic oxidation sites excluding steroid dienone is 4. The molecule has 4 bridgehead atoms. The molecule has 2 aromatic carbocycles. The summed E-state index contributed by atoms with van der Waals surface area (Å²) in [5.41, 5.74) is -3.36. The van der Waals surface area contributed by atoms with Crippen LogP contribution in [-0.4, -0.2) is 125 Å². The fraction of sp³-hybridized carbons (Fsp3) is 0.564. The molecule has 7 unspecified atom stereocenters. The molecule has 5 aliphatic heterocycles. The van der Waals surface area contributed by atoms with Crippen molar-refractivity contribution in [2.75, 3.05) is 13.7 Å². The molecule has 1 spiro atoms. The average Bonchev–Trinajstić information content (AvgIpc) is 3.46. The Kier molecular flexibility index (Phi) is 13.0. The molecule has 0 amide bonds. The Morgan fingerprint density at radius 2 is 1.60 bits per heavy atom. The maximum absolute atomic E-state index is 16.1. The Morgan fingerprint density at radius 3 is 2.26 bits per heavy atom. The summed E-state index contributed by atoms with van der Waals surface area (Å²) in [6.07, 6.45) is 2.91. The number of aliphatic hydroxyl groups excluding tert-OH is 3. The number of benzene rings is 2. The average molecular weight is 993 g/mol. The smallest absolute Gasteiger partial charge is 0.343 e. The molecule has 3 N–H and O–H groups in total. The van der Waals surface area contributed by atoms with E-state index in [1.165, 1.54) is 37.5 Å². The predicted octanol–water partition coefficient (Wildman–Crippen LogP) is 6.58. The van der Waals surface area contributed by atoms with Crippen molar-refractivity contribution >= 4 is 37.4 Å². The molecular weight excluding hydrogens is 927 g/mol. The third-order valence-corrected chi connectivity index (χ3v) is 15.7. The van der Waals surface area contributed by atoms with Gasteiger partial charge in [-0.2, -0.15) is 0 Å². The molecule has 3 saturated carbocycles. The van der Waals surface area contributed by atoms with E-state index in [9.17, 15) is 24.9 Å². The van der Waals surface area contributed by atoms with Gasteiger partial charge in [0.2, 0.25) is 6.29 Å². The van der Waals surface area contributed by atoms with Crippen molar-refractivity contribution in [1.29, 1.82) is 0 Å². The molecule has 3 aliphatic carbocycles. The molecule has 2 radical (unpaired) electrons. The highest BCUT2D eigenvalue weighted by atomic mass is 16.8. The normalized spacial score (nSPS) is 35.3. The maximum Gasteiger partial charge on any atom is 0.343 e. The molecular formula is C55H65BO16. The van der Waals surface area contributed by atoms with Gasteiger partial charge in [0.25, 0.3) is 0 Å². The van der Waals surface area contributed by atoms with E-state index in [2.05, 4.69) is 6.08 Å². The van der Waals surface area contributed by atoms with Gasteiger partial charge in [-0.15, -0.1) is 0 Å². The molecule has 8 aliphatic rings. The minimum atomic E-state index is -2.37. The number of rotatable bonds is 12. The number of aliphatic hydroxyl groups is 3. The first-order valence-corrected chi connectivity index (χ1v) is 24.6. The lowest BCUT2D eigenvalue weighted by Gasteiger charge is -2.67. The molecule has 5 heterocycles. The van der Waals surface area contributed by atoms with E-state index in [1.807, 2.05) is 46.8 Å². The molecule has 10 rings (SSSR count). The van der Waals surface area contributed by atoms with Crippen LogP contribution >= 0.6 is 0 Å². The van der Waals surface area contributed by atoms with E-state index in [1.54, 1.807) is 40.7 Å². The second-order valence-electron chi connectivity index (χ2n) is 22.0. The van der Waals surface area contributed by atoms with Gasteiger partial charge in [0, 0.05) is 29.4 Å². The summed E-state index contributed by atoms with van der Waals surface area (Å²) in [4.78, 5) is 58.5. The minimum absolute atomic E-state index is 0.0256. The number of methoxy groups -OCH3 is 1. The molecule has 72 heavy (non-hydrogen) atoms. The Labute approximate surface area is 421 Å². The minimum Gasteiger partial charge on any atom is -0.482 e. The van der Waals surface area contributed by atoms with E-state index in [0.29, 0.717) is 18.4 Å². The van der Waals surface area contributed by atoms with Crippen molar-refractivity contribution in [3.8, 4) is 23.0 Å². The van der Waals surface area contributed by atoms with E-state index in [4.69, 9.17) is 50.5 Å². The number of fused-ring (bicyclic) bond motifs is 3.